The number of nitro groups is 1. The Labute approximate surface area is 90.0 Å². The average Bonchev–Trinajstić information content (AvgIpc) is 2.27. The summed E-state index contributed by atoms with van der Waals surface area (Å²) in [5, 5.41) is 10.5. The number of ketones is 1. The number of methoxy groups -OCH3 is 1. The summed E-state index contributed by atoms with van der Waals surface area (Å²) in [6, 6.07) is 3.27. The molecule has 0 radical (unpaired) electrons. The molecule has 0 fully saturated rings. The maximum absolute atomic E-state index is 11.4. The fourth-order valence-corrected chi connectivity index (χ4v) is 1.06. The van der Waals surface area contributed by atoms with Gasteiger partial charge in [0.15, 0.2) is 0 Å². The molecule has 0 atom stereocenters. The number of benzene rings is 1. The highest BCUT2D eigenvalue weighted by Crippen LogP contribution is 2.20. The number of Topliss-reactive ketones (excluding diaryl/α,β-unsaturated/α-hetero) is 1. The summed E-state index contributed by atoms with van der Waals surface area (Å²) in [6.45, 7) is 0. The minimum atomic E-state index is -1.12. The Balaban J connectivity index is 3.22. The van der Waals surface area contributed by atoms with Gasteiger partial charge in [0.2, 0.25) is 0 Å². The van der Waals surface area contributed by atoms with Crippen molar-refractivity contribution in [3.05, 3.63) is 33.9 Å². The minimum absolute atomic E-state index is 0.0130. The number of rotatable bonds is 3. The molecule has 7 heteroatoms. The molecule has 0 aliphatic rings. The summed E-state index contributed by atoms with van der Waals surface area (Å²) < 4.78 is 4.21. The van der Waals surface area contributed by atoms with Crippen LogP contribution >= 0.6 is 0 Å². The third-order valence-corrected chi connectivity index (χ3v) is 1.86. The Morgan fingerprint density at radius 1 is 1.44 bits per heavy atom. The van der Waals surface area contributed by atoms with Crippen molar-refractivity contribution in [2.24, 2.45) is 0 Å². The Hall–Kier alpha value is -2.44. The smallest absolute Gasteiger partial charge is 0.379 e. The first kappa shape index (κ1) is 11.6. The number of nitrogens with zero attached hydrogens (tertiary/aromatic N) is 1. The number of non-ortho nitro benzene ring substituents is 1. The largest absolute Gasteiger partial charge is 0.463 e. The van der Waals surface area contributed by atoms with Gasteiger partial charge in [-0.15, -0.1) is 0 Å². The SMILES string of the molecule is COC(=O)C(=O)c1cc([N+](=O)[O-])ccc1N. The minimum Gasteiger partial charge on any atom is -0.463 e. The number of anilines is 1. The van der Waals surface area contributed by atoms with Gasteiger partial charge in [0.05, 0.1) is 17.6 Å². The van der Waals surface area contributed by atoms with Crippen LogP contribution in [0.3, 0.4) is 0 Å². The van der Waals surface area contributed by atoms with Crippen LogP contribution in [0.2, 0.25) is 0 Å². The second-order valence-corrected chi connectivity index (χ2v) is 2.85. The van der Waals surface area contributed by atoms with Gasteiger partial charge in [-0.2, -0.15) is 0 Å². The molecule has 0 aliphatic heterocycles. The van der Waals surface area contributed by atoms with Crippen molar-refractivity contribution in [3.63, 3.8) is 0 Å². The van der Waals surface area contributed by atoms with Crippen molar-refractivity contribution in [2.75, 3.05) is 12.8 Å². The predicted octanol–water partition coefficient (Wildman–Crippen LogP) is 0.533. The molecule has 84 valence electrons. The number of ether oxygens (including phenoxy) is 1. The summed E-state index contributed by atoms with van der Waals surface area (Å²) in [7, 11) is 1.04. The molecule has 0 aliphatic carbocycles. The summed E-state index contributed by atoms with van der Waals surface area (Å²) >= 11 is 0. The van der Waals surface area contributed by atoms with Gasteiger partial charge < -0.3 is 10.5 Å². The highest BCUT2D eigenvalue weighted by atomic mass is 16.6. The lowest BCUT2D eigenvalue weighted by Gasteiger charge is -2.02. The van der Waals surface area contributed by atoms with Crippen LogP contribution in [0.1, 0.15) is 10.4 Å². The molecule has 0 amide bonds. The Morgan fingerprint density at radius 3 is 2.56 bits per heavy atom. The van der Waals surface area contributed by atoms with E-state index in [-0.39, 0.29) is 16.9 Å². The summed E-state index contributed by atoms with van der Waals surface area (Å²) in [5.74, 6) is -2.13. The highest BCUT2D eigenvalue weighted by Gasteiger charge is 2.21. The van der Waals surface area contributed by atoms with Gasteiger partial charge in [-0.05, 0) is 6.07 Å². The molecule has 16 heavy (non-hydrogen) atoms. The quantitative estimate of drug-likeness (QED) is 0.200. The molecule has 0 aromatic heterocycles. The van der Waals surface area contributed by atoms with Crippen molar-refractivity contribution < 1.29 is 19.2 Å². The van der Waals surface area contributed by atoms with Crippen LogP contribution in [-0.4, -0.2) is 23.8 Å². The molecule has 0 saturated carbocycles. The van der Waals surface area contributed by atoms with Gasteiger partial charge >= 0.3 is 5.97 Å². The van der Waals surface area contributed by atoms with Gasteiger partial charge in [-0.25, -0.2) is 4.79 Å². The topological polar surface area (TPSA) is 113 Å². The van der Waals surface area contributed by atoms with Gasteiger partial charge in [0.1, 0.15) is 0 Å². The van der Waals surface area contributed by atoms with Crippen LogP contribution in [0, 0.1) is 10.1 Å². The molecule has 1 aromatic carbocycles. The van der Waals surface area contributed by atoms with Crippen molar-refractivity contribution in [1.29, 1.82) is 0 Å². The van der Waals surface area contributed by atoms with Crippen LogP contribution in [0.5, 0.6) is 0 Å². The van der Waals surface area contributed by atoms with Gasteiger partial charge in [-0.1, -0.05) is 0 Å². The third-order valence-electron chi connectivity index (χ3n) is 1.86. The highest BCUT2D eigenvalue weighted by molar-refractivity contribution is 6.41. The Kier molecular flexibility index (Phi) is 3.19. The predicted molar refractivity (Wildman–Crippen MR) is 53.9 cm³/mol. The molecule has 2 N–H and O–H groups in total. The molecular weight excluding hydrogens is 216 g/mol. The molecule has 0 unspecified atom stereocenters. The van der Waals surface area contributed by atoms with E-state index in [1.807, 2.05) is 0 Å². The zero-order chi connectivity index (χ0) is 12.3. The number of carbonyl (C=O) groups is 2. The molecule has 0 bridgehead atoms. The van der Waals surface area contributed by atoms with E-state index in [1.165, 1.54) is 6.07 Å². The number of nitro benzene ring substituents is 1. The van der Waals surface area contributed by atoms with E-state index in [1.54, 1.807) is 0 Å². The molecular formula is C9H8N2O5. The fraction of sp³-hybridized carbons (Fsp3) is 0.111. The number of nitrogen functional groups attached to an aromatic ring is 1. The van der Waals surface area contributed by atoms with Crippen LogP contribution in [-0.2, 0) is 9.53 Å². The van der Waals surface area contributed by atoms with E-state index in [2.05, 4.69) is 4.74 Å². The van der Waals surface area contributed by atoms with E-state index in [4.69, 9.17) is 5.73 Å². The standard InChI is InChI=1S/C9H8N2O5/c1-16-9(13)8(12)6-4-5(11(14)15)2-3-7(6)10/h2-4H,10H2,1H3. The summed E-state index contributed by atoms with van der Waals surface area (Å²) in [4.78, 5) is 32.1. The first-order valence-corrected chi connectivity index (χ1v) is 4.14. The first-order valence-electron chi connectivity index (χ1n) is 4.14. The lowest BCUT2D eigenvalue weighted by atomic mass is 10.1. The zero-order valence-corrected chi connectivity index (χ0v) is 8.30. The zero-order valence-electron chi connectivity index (χ0n) is 8.30. The lowest BCUT2D eigenvalue weighted by Crippen LogP contribution is -2.17. The van der Waals surface area contributed by atoms with Crippen molar-refractivity contribution in [3.8, 4) is 0 Å². The van der Waals surface area contributed by atoms with Crippen molar-refractivity contribution in [2.45, 2.75) is 0 Å². The van der Waals surface area contributed by atoms with E-state index >= 15 is 0 Å². The maximum atomic E-state index is 11.4. The molecule has 0 heterocycles. The number of hydrogen-bond acceptors (Lipinski definition) is 6. The fourth-order valence-electron chi connectivity index (χ4n) is 1.06. The Bertz CT molecular complexity index is 469. The average molecular weight is 224 g/mol. The number of carbonyl (C=O) groups excluding carboxylic acids is 2. The second-order valence-electron chi connectivity index (χ2n) is 2.85. The number of hydrogen-bond donors (Lipinski definition) is 1. The van der Waals surface area contributed by atoms with E-state index in [0.29, 0.717) is 0 Å². The van der Waals surface area contributed by atoms with Crippen LogP contribution < -0.4 is 5.73 Å². The molecule has 1 aromatic rings. The Morgan fingerprint density at radius 2 is 2.06 bits per heavy atom. The first-order chi connectivity index (χ1) is 7.47. The van der Waals surface area contributed by atoms with Gasteiger partial charge in [0, 0.05) is 17.8 Å². The molecule has 0 saturated heterocycles. The monoisotopic (exact) mass is 224 g/mol. The maximum Gasteiger partial charge on any atom is 0.379 e. The normalized spacial score (nSPS) is 9.56. The van der Waals surface area contributed by atoms with Gasteiger partial charge in [0.25, 0.3) is 11.5 Å². The number of esters is 1. The second kappa shape index (κ2) is 4.39. The van der Waals surface area contributed by atoms with Crippen LogP contribution in [0.4, 0.5) is 11.4 Å². The molecule has 7 nitrogen and oxygen atoms in total. The van der Waals surface area contributed by atoms with Crippen molar-refractivity contribution in [1.82, 2.24) is 0 Å². The van der Waals surface area contributed by atoms with E-state index in [0.717, 1.165) is 19.2 Å². The van der Waals surface area contributed by atoms with Crippen LogP contribution in [0.15, 0.2) is 18.2 Å². The third kappa shape index (κ3) is 2.14. The molecule has 1 rings (SSSR count). The lowest BCUT2D eigenvalue weighted by molar-refractivity contribution is -0.384. The van der Waals surface area contributed by atoms with Gasteiger partial charge in [-0.3, -0.25) is 14.9 Å². The van der Waals surface area contributed by atoms with Crippen LogP contribution in [0.25, 0.3) is 0 Å². The summed E-state index contributed by atoms with van der Waals surface area (Å²) in [6.07, 6.45) is 0. The van der Waals surface area contributed by atoms with Crippen molar-refractivity contribution >= 4 is 23.1 Å². The number of nitrogens with two attached hydrogens (primary N) is 1. The molecule has 0 spiro atoms. The van der Waals surface area contributed by atoms with E-state index < -0.39 is 16.7 Å². The van der Waals surface area contributed by atoms with E-state index in [9.17, 15) is 19.7 Å². The summed E-state index contributed by atoms with van der Waals surface area (Å²) in [5.41, 5.74) is 4.87.